The Balaban J connectivity index is 1.73. The zero-order chi connectivity index (χ0) is 22.0. The molecular weight excluding hydrogens is 390 g/mol. The number of para-hydroxylation sites is 1. The Hall–Kier alpha value is -3.28. The molecule has 2 unspecified atom stereocenters. The molecular formula is C25H29N3O3. The van der Waals surface area contributed by atoms with Gasteiger partial charge in [-0.25, -0.2) is 4.98 Å². The first-order valence-electron chi connectivity index (χ1n) is 10.7. The lowest BCUT2D eigenvalue weighted by molar-refractivity contribution is 0.0625. The van der Waals surface area contributed by atoms with Gasteiger partial charge in [0.25, 0.3) is 5.91 Å². The van der Waals surface area contributed by atoms with E-state index in [4.69, 9.17) is 14.5 Å². The molecule has 2 heterocycles. The summed E-state index contributed by atoms with van der Waals surface area (Å²) in [4.78, 5) is 20.3. The maximum absolute atomic E-state index is 13.5. The second-order valence-corrected chi connectivity index (χ2v) is 8.42. The molecule has 1 aliphatic rings. The van der Waals surface area contributed by atoms with Gasteiger partial charge in [0, 0.05) is 24.5 Å². The highest BCUT2D eigenvalue weighted by molar-refractivity contribution is 6.07. The molecule has 1 N–H and O–H groups in total. The van der Waals surface area contributed by atoms with Gasteiger partial charge in [0.05, 0.1) is 31.0 Å². The first-order chi connectivity index (χ1) is 15.0. The summed E-state index contributed by atoms with van der Waals surface area (Å²) in [5.41, 5.74) is 2.20. The normalized spacial score (nSPS) is 18.6. The van der Waals surface area contributed by atoms with Gasteiger partial charge in [0.1, 0.15) is 17.3 Å². The van der Waals surface area contributed by atoms with Crippen molar-refractivity contribution in [1.29, 1.82) is 0 Å². The van der Waals surface area contributed by atoms with Crippen molar-refractivity contribution in [2.45, 2.75) is 20.3 Å². The number of benzene rings is 2. The van der Waals surface area contributed by atoms with Gasteiger partial charge in [-0.1, -0.05) is 32.0 Å². The number of anilines is 2. The molecule has 0 radical (unpaired) electrons. The fraction of sp³-hybridized carbons (Fsp3) is 0.360. The Morgan fingerprint density at radius 2 is 1.77 bits per heavy atom. The quantitative estimate of drug-likeness (QED) is 0.622. The first kappa shape index (κ1) is 21.0. The summed E-state index contributed by atoms with van der Waals surface area (Å²) in [6.07, 6.45) is 1.16. The van der Waals surface area contributed by atoms with Gasteiger partial charge in [-0.05, 0) is 42.5 Å². The number of aromatic nitrogens is 1. The van der Waals surface area contributed by atoms with Crippen LogP contribution in [0.1, 0.15) is 30.6 Å². The second kappa shape index (κ2) is 8.84. The average molecular weight is 420 g/mol. The van der Waals surface area contributed by atoms with E-state index in [9.17, 15) is 4.79 Å². The van der Waals surface area contributed by atoms with Crippen molar-refractivity contribution >= 4 is 28.3 Å². The number of pyridine rings is 1. The van der Waals surface area contributed by atoms with Crippen molar-refractivity contribution in [3.05, 3.63) is 54.1 Å². The molecule has 0 saturated carbocycles. The molecule has 2 atom stereocenters. The molecule has 6 nitrogen and oxygen atoms in total. The van der Waals surface area contributed by atoms with Crippen LogP contribution in [-0.4, -0.2) is 43.1 Å². The molecule has 4 rings (SSSR count). The van der Waals surface area contributed by atoms with Gasteiger partial charge < -0.3 is 19.7 Å². The monoisotopic (exact) mass is 419 g/mol. The van der Waals surface area contributed by atoms with Crippen molar-refractivity contribution in [1.82, 2.24) is 9.88 Å². The Morgan fingerprint density at radius 1 is 1.03 bits per heavy atom. The molecule has 2 aromatic carbocycles. The van der Waals surface area contributed by atoms with Gasteiger partial charge in [-0.3, -0.25) is 4.79 Å². The lowest BCUT2D eigenvalue weighted by Gasteiger charge is -2.35. The van der Waals surface area contributed by atoms with Crippen LogP contribution in [0.25, 0.3) is 10.9 Å². The molecule has 0 aliphatic carbocycles. The van der Waals surface area contributed by atoms with E-state index < -0.39 is 0 Å². The van der Waals surface area contributed by atoms with Crippen LogP contribution >= 0.6 is 0 Å². The third-order valence-corrected chi connectivity index (χ3v) is 5.77. The predicted molar refractivity (Wildman–Crippen MR) is 123 cm³/mol. The van der Waals surface area contributed by atoms with E-state index in [2.05, 4.69) is 19.2 Å². The molecule has 1 saturated heterocycles. The maximum Gasteiger partial charge on any atom is 0.254 e. The van der Waals surface area contributed by atoms with Crippen LogP contribution in [0.2, 0.25) is 0 Å². The number of likely N-dealkylation sites (tertiary alicyclic amines) is 1. The Kier molecular flexibility index (Phi) is 5.98. The van der Waals surface area contributed by atoms with E-state index in [0.29, 0.717) is 34.7 Å². The molecule has 6 heteroatoms. The third-order valence-electron chi connectivity index (χ3n) is 5.77. The van der Waals surface area contributed by atoms with Crippen LogP contribution in [-0.2, 0) is 0 Å². The van der Waals surface area contributed by atoms with Crippen molar-refractivity contribution in [3.63, 3.8) is 0 Å². The van der Waals surface area contributed by atoms with E-state index >= 15 is 0 Å². The van der Waals surface area contributed by atoms with Crippen LogP contribution in [0, 0.1) is 11.8 Å². The Bertz CT molecular complexity index is 1090. The van der Waals surface area contributed by atoms with Crippen LogP contribution in [0.3, 0.4) is 0 Å². The number of fused-ring (bicyclic) bond motifs is 1. The number of hydrogen-bond donors (Lipinski definition) is 1. The topological polar surface area (TPSA) is 63.7 Å². The van der Waals surface area contributed by atoms with Crippen LogP contribution in [0.4, 0.5) is 11.5 Å². The molecule has 1 aliphatic heterocycles. The number of ether oxygens (including phenoxy) is 2. The zero-order valence-corrected chi connectivity index (χ0v) is 18.5. The van der Waals surface area contributed by atoms with Crippen molar-refractivity contribution in [2.24, 2.45) is 11.8 Å². The standard InChI is InChI=1S/C25H29N3O3/c1-16-11-17(2)15-28(14-16)25(29)20-13-24(26-21-8-6-5-7-19(20)21)27-22-10-9-18(30-3)12-23(22)31-4/h5-10,12-13,16-17H,11,14-15H2,1-4H3,(H,26,27). The molecule has 31 heavy (non-hydrogen) atoms. The largest absolute Gasteiger partial charge is 0.497 e. The SMILES string of the molecule is COc1ccc(Nc2cc(C(=O)N3CC(C)CC(C)C3)c3ccccc3n2)c(OC)c1. The number of carbonyl (C=O) groups excluding carboxylic acids is 1. The first-order valence-corrected chi connectivity index (χ1v) is 10.7. The summed E-state index contributed by atoms with van der Waals surface area (Å²) in [7, 11) is 3.23. The Labute approximate surface area is 183 Å². The van der Waals surface area contributed by atoms with Crippen LogP contribution in [0.5, 0.6) is 11.5 Å². The van der Waals surface area contributed by atoms with Crippen molar-refractivity contribution in [2.75, 3.05) is 32.6 Å². The molecule has 1 aromatic heterocycles. The highest BCUT2D eigenvalue weighted by atomic mass is 16.5. The molecule has 0 spiro atoms. The third kappa shape index (κ3) is 4.43. The van der Waals surface area contributed by atoms with Gasteiger partial charge in [-0.15, -0.1) is 0 Å². The number of nitrogens with one attached hydrogen (secondary N) is 1. The van der Waals surface area contributed by atoms with Gasteiger partial charge in [-0.2, -0.15) is 0 Å². The highest BCUT2D eigenvalue weighted by Crippen LogP contribution is 2.33. The second-order valence-electron chi connectivity index (χ2n) is 8.42. The molecule has 1 amide bonds. The van der Waals surface area contributed by atoms with Gasteiger partial charge in [0.2, 0.25) is 0 Å². The molecule has 0 bridgehead atoms. The van der Waals surface area contributed by atoms with E-state index in [-0.39, 0.29) is 5.91 Å². The number of carbonyl (C=O) groups is 1. The summed E-state index contributed by atoms with van der Waals surface area (Å²) in [6.45, 7) is 6.00. The summed E-state index contributed by atoms with van der Waals surface area (Å²) >= 11 is 0. The van der Waals surface area contributed by atoms with Crippen molar-refractivity contribution < 1.29 is 14.3 Å². The number of piperidine rings is 1. The minimum atomic E-state index is 0.0572. The predicted octanol–water partition coefficient (Wildman–Crippen LogP) is 5.11. The summed E-state index contributed by atoms with van der Waals surface area (Å²) < 4.78 is 10.8. The fourth-order valence-electron chi connectivity index (χ4n) is 4.46. The number of rotatable bonds is 5. The van der Waals surface area contributed by atoms with Crippen LogP contribution in [0.15, 0.2) is 48.5 Å². The minimum Gasteiger partial charge on any atom is -0.497 e. The number of hydrogen-bond acceptors (Lipinski definition) is 5. The number of nitrogens with zero attached hydrogens (tertiary/aromatic N) is 2. The minimum absolute atomic E-state index is 0.0572. The summed E-state index contributed by atoms with van der Waals surface area (Å²) in [5, 5.41) is 4.19. The molecule has 1 fully saturated rings. The van der Waals surface area contributed by atoms with E-state index in [1.807, 2.05) is 53.4 Å². The lowest BCUT2D eigenvalue weighted by atomic mass is 9.91. The van der Waals surface area contributed by atoms with Crippen LogP contribution < -0.4 is 14.8 Å². The summed E-state index contributed by atoms with van der Waals surface area (Å²) in [5.74, 6) is 3.01. The fourth-order valence-corrected chi connectivity index (χ4v) is 4.46. The maximum atomic E-state index is 13.5. The lowest BCUT2D eigenvalue weighted by Crippen LogP contribution is -2.42. The van der Waals surface area contributed by atoms with Gasteiger partial charge >= 0.3 is 0 Å². The molecule has 3 aromatic rings. The molecule has 162 valence electrons. The van der Waals surface area contributed by atoms with E-state index in [1.165, 1.54) is 0 Å². The highest BCUT2D eigenvalue weighted by Gasteiger charge is 2.27. The smallest absolute Gasteiger partial charge is 0.254 e. The average Bonchev–Trinajstić information content (AvgIpc) is 2.77. The Morgan fingerprint density at radius 3 is 2.48 bits per heavy atom. The number of amides is 1. The number of methoxy groups -OCH3 is 2. The van der Waals surface area contributed by atoms with E-state index in [0.717, 1.165) is 36.1 Å². The van der Waals surface area contributed by atoms with Crippen molar-refractivity contribution in [3.8, 4) is 11.5 Å². The van der Waals surface area contributed by atoms with Gasteiger partial charge in [0.15, 0.2) is 0 Å². The van der Waals surface area contributed by atoms with E-state index in [1.54, 1.807) is 14.2 Å². The zero-order valence-electron chi connectivity index (χ0n) is 18.5. The summed E-state index contributed by atoms with van der Waals surface area (Å²) in [6, 6.07) is 15.2.